The molecule has 3 amide bonds. The predicted molar refractivity (Wildman–Crippen MR) is 133 cm³/mol. The summed E-state index contributed by atoms with van der Waals surface area (Å²) < 4.78 is 5.31. The first-order valence-electron chi connectivity index (χ1n) is 11.5. The van der Waals surface area contributed by atoms with Gasteiger partial charge in [-0.3, -0.25) is 9.59 Å². The van der Waals surface area contributed by atoms with Crippen molar-refractivity contribution >= 4 is 24.0 Å². The standard InChI is InChI=1S/C26H41N3O4/c1-11-19-14-13-15-20(16-19)21(22(30)27-17(3)4)29(26(9,10)12-2)23(31)18(5)28-24(32)33-25(6,7)8/h11,13-18,21H,1,12H2,2-10H3,(H,27,30)(H,28,32). The van der Waals surface area contributed by atoms with Gasteiger partial charge in [0.15, 0.2) is 0 Å². The number of nitrogens with zero attached hydrogens (tertiary/aromatic N) is 1. The summed E-state index contributed by atoms with van der Waals surface area (Å²) in [6, 6.07) is 5.51. The number of nitrogens with one attached hydrogen (secondary N) is 2. The number of benzene rings is 1. The Hall–Kier alpha value is -2.83. The van der Waals surface area contributed by atoms with Crippen molar-refractivity contribution in [3.05, 3.63) is 42.0 Å². The molecule has 0 saturated carbocycles. The van der Waals surface area contributed by atoms with Crippen LogP contribution in [0.2, 0.25) is 0 Å². The van der Waals surface area contributed by atoms with Gasteiger partial charge < -0.3 is 20.3 Å². The van der Waals surface area contributed by atoms with Crippen LogP contribution in [0.5, 0.6) is 0 Å². The third kappa shape index (κ3) is 8.22. The summed E-state index contributed by atoms with van der Waals surface area (Å²) in [6.07, 6.45) is 1.62. The minimum Gasteiger partial charge on any atom is -0.444 e. The summed E-state index contributed by atoms with van der Waals surface area (Å²) in [4.78, 5) is 41.1. The minimum atomic E-state index is -0.900. The van der Waals surface area contributed by atoms with Crippen molar-refractivity contribution in [3.63, 3.8) is 0 Å². The number of hydrogen-bond donors (Lipinski definition) is 2. The van der Waals surface area contributed by atoms with Crippen LogP contribution < -0.4 is 10.6 Å². The normalized spacial score (nSPS) is 13.6. The van der Waals surface area contributed by atoms with Crippen molar-refractivity contribution in [2.24, 2.45) is 0 Å². The molecule has 7 heteroatoms. The highest BCUT2D eigenvalue weighted by molar-refractivity contribution is 5.92. The fourth-order valence-corrected chi connectivity index (χ4v) is 3.34. The lowest BCUT2D eigenvalue weighted by Gasteiger charge is -2.44. The van der Waals surface area contributed by atoms with Gasteiger partial charge in [0.25, 0.3) is 0 Å². The lowest BCUT2D eigenvalue weighted by Crippen LogP contribution is -2.59. The van der Waals surface area contributed by atoms with Crippen molar-refractivity contribution in [2.45, 2.75) is 98.0 Å². The topological polar surface area (TPSA) is 87.7 Å². The van der Waals surface area contributed by atoms with Crippen molar-refractivity contribution in [3.8, 4) is 0 Å². The third-order valence-electron chi connectivity index (χ3n) is 5.26. The predicted octanol–water partition coefficient (Wildman–Crippen LogP) is 4.83. The Labute approximate surface area is 198 Å². The second-order valence-electron chi connectivity index (χ2n) is 10.2. The quantitative estimate of drug-likeness (QED) is 0.554. The van der Waals surface area contributed by atoms with E-state index < -0.39 is 29.3 Å². The molecule has 184 valence electrons. The average molecular weight is 460 g/mol. The smallest absolute Gasteiger partial charge is 0.408 e. The Bertz CT molecular complexity index is 855. The molecule has 7 nitrogen and oxygen atoms in total. The Kier molecular flexibility index (Phi) is 9.70. The molecule has 0 spiro atoms. The lowest BCUT2D eigenvalue weighted by molar-refractivity contribution is -0.149. The molecule has 0 saturated heterocycles. The summed E-state index contributed by atoms with van der Waals surface area (Å²) in [5.74, 6) is -0.661. The number of carbonyl (C=O) groups is 3. The molecule has 0 heterocycles. The Balaban J connectivity index is 3.51. The first-order valence-corrected chi connectivity index (χ1v) is 11.5. The number of amides is 3. The Morgan fingerprint density at radius 1 is 1.09 bits per heavy atom. The van der Waals surface area contributed by atoms with Crippen molar-refractivity contribution in [1.82, 2.24) is 15.5 Å². The number of rotatable bonds is 9. The first-order chi connectivity index (χ1) is 15.1. The van der Waals surface area contributed by atoms with Crippen molar-refractivity contribution < 1.29 is 19.1 Å². The van der Waals surface area contributed by atoms with E-state index >= 15 is 0 Å². The van der Waals surface area contributed by atoms with Crippen LogP contribution in [0, 0.1) is 0 Å². The Morgan fingerprint density at radius 2 is 1.70 bits per heavy atom. The number of carbonyl (C=O) groups excluding carboxylic acids is 3. The van der Waals surface area contributed by atoms with Crippen LogP contribution in [0.15, 0.2) is 30.8 Å². The molecule has 33 heavy (non-hydrogen) atoms. The molecule has 1 rings (SSSR count). The summed E-state index contributed by atoms with van der Waals surface area (Å²) >= 11 is 0. The number of hydrogen-bond acceptors (Lipinski definition) is 4. The maximum atomic E-state index is 13.8. The summed E-state index contributed by atoms with van der Waals surface area (Å²) in [5.41, 5.74) is 0.144. The molecule has 0 aliphatic heterocycles. The second kappa shape index (κ2) is 11.3. The van der Waals surface area contributed by atoms with Crippen LogP contribution in [0.1, 0.15) is 85.9 Å². The zero-order valence-corrected chi connectivity index (χ0v) is 21.6. The van der Waals surface area contributed by atoms with E-state index in [9.17, 15) is 14.4 Å². The van der Waals surface area contributed by atoms with E-state index in [0.29, 0.717) is 12.0 Å². The van der Waals surface area contributed by atoms with Gasteiger partial charge in [0.1, 0.15) is 17.7 Å². The summed E-state index contributed by atoms with van der Waals surface area (Å²) in [7, 11) is 0. The van der Waals surface area contributed by atoms with Crippen molar-refractivity contribution in [2.75, 3.05) is 0 Å². The molecule has 1 aromatic carbocycles. The molecule has 0 aromatic heterocycles. The van der Waals surface area contributed by atoms with Gasteiger partial charge in [0.2, 0.25) is 11.8 Å². The van der Waals surface area contributed by atoms with E-state index in [-0.39, 0.29) is 17.9 Å². The fourth-order valence-electron chi connectivity index (χ4n) is 3.34. The van der Waals surface area contributed by atoms with E-state index in [1.54, 1.807) is 38.7 Å². The monoisotopic (exact) mass is 459 g/mol. The van der Waals surface area contributed by atoms with Crippen molar-refractivity contribution in [1.29, 1.82) is 0 Å². The van der Waals surface area contributed by atoms with Gasteiger partial charge in [0.05, 0.1) is 0 Å². The Morgan fingerprint density at radius 3 is 2.18 bits per heavy atom. The van der Waals surface area contributed by atoms with Crippen LogP contribution >= 0.6 is 0 Å². The molecular weight excluding hydrogens is 418 g/mol. The molecule has 1 aromatic rings. The van der Waals surface area contributed by atoms with Gasteiger partial charge in [-0.1, -0.05) is 37.8 Å². The average Bonchev–Trinajstić information content (AvgIpc) is 2.69. The second-order valence-corrected chi connectivity index (χ2v) is 10.2. The minimum absolute atomic E-state index is 0.110. The van der Waals surface area contributed by atoms with Gasteiger partial charge in [0, 0.05) is 11.6 Å². The molecule has 0 aliphatic rings. The molecular formula is C26H41N3O4. The lowest BCUT2D eigenvalue weighted by atomic mass is 9.91. The van der Waals surface area contributed by atoms with Gasteiger partial charge in [-0.05, 0) is 79.0 Å². The van der Waals surface area contributed by atoms with Crippen LogP contribution in [0.3, 0.4) is 0 Å². The number of alkyl carbamates (subject to hydrolysis) is 1. The third-order valence-corrected chi connectivity index (χ3v) is 5.26. The molecule has 0 radical (unpaired) electrons. The molecule has 0 bridgehead atoms. The van der Waals surface area contributed by atoms with E-state index in [2.05, 4.69) is 17.2 Å². The molecule has 2 unspecified atom stereocenters. The van der Waals surface area contributed by atoms with Crippen LogP contribution in [-0.2, 0) is 14.3 Å². The van der Waals surface area contributed by atoms with Gasteiger partial charge in [-0.2, -0.15) is 0 Å². The maximum Gasteiger partial charge on any atom is 0.408 e. The van der Waals surface area contributed by atoms with E-state index in [1.165, 1.54) is 0 Å². The number of ether oxygens (including phenoxy) is 1. The highest BCUT2D eigenvalue weighted by Crippen LogP contribution is 2.32. The van der Waals surface area contributed by atoms with Gasteiger partial charge in [-0.15, -0.1) is 0 Å². The SMILES string of the molecule is C=Cc1cccc(C(C(=O)NC(C)C)N(C(=O)C(C)NC(=O)OC(C)(C)C)C(C)(C)CC)c1. The zero-order chi connectivity index (χ0) is 25.6. The highest BCUT2D eigenvalue weighted by atomic mass is 16.6. The summed E-state index contributed by atoms with van der Waals surface area (Å²) in [6.45, 7) is 20.2. The van der Waals surface area contributed by atoms with Gasteiger partial charge in [-0.25, -0.2) is 4.79 Å². The molecule has 0 aliphatic carbocycles. The van der Waals surface area contributed by atoms with Crippen LogP contribution in [0.25, 0.3) is 6.08 Å². The highest BCUT2D eigenvalue weighted by Gasteiger charge is 2.42. The van der Waals surface area contributed by atoms with Crippen LogP contribution in [-0.4, -0.2) is 46.0 Å². The zero-order valence-electron chi connectivity index (χ0n) is 21.6. The molecule has 2 atom stereocenters. The van der Waals surface area contributed by atoms with E-state index in [4.69, 9.17) is 4.74 Å². The largest absolute Gasteiger partial charge is 0.444 e. The first kappa shape index (κ1) is 28.2. The molecule has 2 N–H and O–H groups in total. The molecule has 0 fully saturated rings. The fraction of sp³-hybridized carbons (Fsp3) is 0.577. The maximum absolute atomic E-state index is 13.8. The van der Waals surface area contributed by atoms with E-state index in [0.717, 1.165) is 5.56 Å². The van der Waals surface area contributed by atoms with E-state index in [1.807, 2.05) is 58.9 Å². The van der Waals surface area contributed by atoms with Gasteiger partial charge >= 0.3 is 6.09 Å². The summed E-state index contributed by atoms with van der Waals surface area (Å²) in [5, 5.41) is 5.57. The van der Waals surface area contributed by atoms with Crippen LogP contribution in [0.4, 0.5) is 4.79 Å².